The van der Waals surface area contributed by atoms with Crippen molar-refractivity contribution in [2.75, 3.05) is 12.4 Å². The number of fused-ring (bicyclic) bond motifs is 1. The maximum Gasteiger partial charge on any atom is 0.417 e. The fraction of sp³-hybridized carbons (Fsp3) is 0.414. The van der Waals surface area contributed by atoms with Crippen molar-refractivity contribution in [1.82, 2.24) is 0 Å². The van der Waals surface area contributed by atoms with Crippen molar-refractivity contribution in [2.24, 2.45) is 5.41 Å². The maximum atomic E-state index is 13.9. The van der Waals surface area contributed by atoms with Crippen molar-refractivity contribution < 1.29 is 40.3 Å². The standard InChI is InChI=1S/C29H30F6O3S/c1-4-6-7-8-19-9-12-22(23(13-19)29(33,34)35)25-14-20-10-11-21(15-24(20)38-25)39-18-27(3,16-28(30,31)32)17-37-26(36)5-2/h5,9-15H,2,4,6-8,16-18H2,1,3H3. The highest BCUT2D eigenvalue weighted by Gasteiger charge is 2.40. The molecule has 0 spiro atoms. The highest BCUT2D eigenvalue weighted by Crippen LogP contribution is 2.42. The van der Waals surface area contributed by atoms with E-state index in [9.17, 15) is 31.1 Å². The number of esters is 1. The Morgan fingerprint density at radius 1 is 1.05 bits per heavy atom. The lowest BCUT2D eigenvalue weighted by molar-refractivity contribution is -0.165. The largest absolute Gasteiger partial charge is 0.462 e. The van der Waals surface area contributed by atoms with Crippen LogP contribution in [-0.4, -0.2) is 24.5 Å². The molecule has 0 bridgehead atoms. The molecule has 0 saturated heterocycles. The SMILES string of the molecule is C=CC(=O)OCC(C)(CSc1ccc2cc(-c3ccc(CCCCC)cc3C(F)(F)F)oc2c1)CC(F)(F)F. The Labute approximate surface area is 227 Å². The minimum absolute atomic E-state index is 0.0340. The number of hydrogen-bond donors (Lipinski definition) is 0. The number of aryl methyl sites for hydroxylation is 1. The topological polar surface area (TPSA) is 39.4 Å². The molecule has 0 N–H and O–H groups in total. The number of hydrogen-bond acceptors (Lipinski definition) is 4. The van der Waals surface area contributed by atoms with Crippen molar-refractivity contribution in [1.29, 1.82) is 0 Å². The van der Waals surface area contributed by atoms with Crippen LogP contribution >= 0.6 is 11.8 Å². The Morgan fingerprint density at radius 3 is 2.44 bits per heavy atom. The van der Waals surface area contributed by atoms with Crippen molar-refractivity contribution >= 4 is 28.7 Å². The number of carbonyl (C=O) groups excluding carboxylic acids is 1. The Balaban J connectivity index is 1.85. The molecule has 1 atom stereocenters. The summed E-state index contributed by atoms with van der Waals surface area (Å²) in [6.45, 7) is 6.19. The van der Waals surface area contributed by atoms with E-state index in [1.807, 2.05) is 6.92 Å². The third-order valence-electron chi connectivity index (χ3n) is 6.16. The van der Waals surface area contributed by atoms with Crippen LogP contribution in [0.1, 0.15) is 50.7 Å². The lowest BCUT2D eigenvalue weighted by Gasteiger charge is -2.29. The van der Waals surface area contributed by atoms with Gasteiger partial charge >= 0.3 is 18.3 Å². The molecule has 0 radical (unpaired) electrons. The van der Waals surface area contributed by atoms with E-state index in [0.29, 0.717) is 27.8 Å². The normalized spacial score (nSPS) is 13.8. The van der Waals surface area contributed by atoms with Gasteiger partial charge in [0.15, 0.2) is 0 Å². The molecule has 3 nitrogen and oxygen atoms in total. The van der Waals surface area contributed by atoms with Crippen LogP contribution in [0.4, 0.5) is 26.3 Å². The number of alkyl halides is 6. The minimum Gasteiger partial charge on any atom is -0.462 e. The van der Waals surface area contributed by atoms with E-state index in [1.54, 1.807) is 24.3 Å². The lowest BCUT2D eigenvalue weighted by atomic mass is 9.90. The second kappa shape index (κ2) is 12.5. The van der Waals surface area contributed by atoms with Gasteiger partial charge in [-0.25, -0.2) is 4.79 Å². The van der Waals surface area contributed by atoms with Gasteiger partial charge in [-0.1, -0.05) is 45.4 Å². The molecular weight excluding hydrogens is 542 g/mol. The fourth-order valence-electron chi connectivity index (χ4n) is 4.20. The van der Waals surface area contributed by atoms with Crippen LogP contribution in [0.2, 0.25) is 0 Å². The van der Waals surface area contributed by atoms with Crippen LogP contribution in [0.15, 0.2) is 64.4 Å². The minimum atomic E-state index is -4.58. The summed E-state index contributed by atoms with van der Waals surface area (Å²) in [7, 11) is 0. The molecular formula is C29H30F6O3S. The number of halogens is 6. The van der Waals surface area contributed by atoms with E-state index in [0.717, 1.165) is 37.1 Å². The lowest BCUT2D eigenvalue weighted by Crippen LogP contribution is -2.33. The summed E-state index contributed by atoms with van der Waals surface area (Å²) in [4.78, 5) is 12.0. The van der Waals surface area contributed by atoms with Crippen LogP contribution in [0, 0.1) is 5.41 Å². The molecule has 1 heterocycles. The summed E-state index contributed by atoms with van der Waals surface area (Å²) in [5, 5.41) is 0.562. The van der Waals surface area contributed by atoms with Gasteiger partial charge in [-0.3, -0.25) is 0 Å². The van der Waals surface area contributed by atoms with Crippen LogP contribution in [-0.2, 0) is 22.1 Å². The van der Waals surface area contributed by atoms with Crippen molar-refractivity contribution in [3.05, 3.63) is 66.2 Å². The molecule has 0 amide bonds. The molecule has 0 fully saturated rings. The summed E-state index contributed by atoms with van der Waals surface area (Å²) in [5.41, 5.74) is -1.34. The van der Waals surface area contributed by atoms with Gasteiger partial charge < -0.3 is 9.15 Å². The van der Waals surface area contributed by atoms with Crippen LogP contribution in [0.25, 0.3) is 22.3 Å². The smallest absolute Gasteiger partial charge is 0.417 e. The second-order valence-electron chi connectivity index (χ2n) is 9.85. The first kappa shape index (κ1) is 30.7. The predicted molar refractivity (Wildman–Crippen MR) is 141 cm³/mol. The predicted octanol–water partition coefficient (Wildman–Crippen LogP) is 9.63. The number of carbonyl (C=O) groups is 1. The summed E-state index contributed by atoms with van der Waals surface area (Å²) in [6.07, 6.45) is -6.08. The van der Waals surface area contributed by atoms with Crippen LogP contribution in [0.3, 0.4) is 0 Å². The summed E-state index contributed by atoms with van der Waals surface area (Å²) >= 11 is 1.11. The number of unbranched alkanes of at least 4 members (excludes halogenated alkanes) is 2. The highest BCUT2D eigenvalue weighted by molar-refractivity contribution is 7.99. The summed E-state index contributed by atoms with van der Waals surface area (Å²) in [6, 6.07) is 10.7. The van der Waals surface area contributed by atoms with Gasteiger partial charge in [-0.2, -0.15) is 26.3 Å². The zero-order chi connectivity index (χ0) is 28.8. The van der Waals surface area contributed by atoms with E-state index >= 15 is 0 Å². The molecule has 1 aromatic heterocycles. The fourth-order valence-corrected chi connectivity index (χ4v) is 5.25. The van der Waals surface area contributed by atoms with E-state index in [1.165, 1.54) is 25.1 Å². The average molecular weight is 573 g/mol. The summed E-state index contributed by atoms with van der Waals surface area (Å²) in [5.74, 6) is -0.795. The number of benzene rings is 2. The Bertz CT molecular complexity index is 1290. The van der Waals surface area contributed by atoms with Gasteiger partial charge in [0.05, 0.1) is 18.6 Å². The number of furan rings is 1. The van der Waals surface area contributed by atoms with Gasteiger partial charge in [0.1, 0.15) is 11.3 Å². The highest BCUT2D eigenvalue weighted by atomic mass is 32.2. The summed E-state index contributed by atoms with van der Waals surface area (Å²) < 4.78 is 92.1. The van der Waals surface area contributed by atoms with E-state index in [4.69, 9.17) is 9.15 Å². The van der Waals surface area contributed by atoms with Crippen LogP contribution < -0.4 is 0 Å². The first-order valence-corrected chi connectivity index (χ1v) is 13.4. The maximum absolute atomic E-state index is 13.9. The molecule has 10 heteroatoms. The van der Waals surface area contributed by atoms with Crippen molar-refractivity contribution in [3.8, 4) is 11.3 Å². The van der Waals surface area contributed by atoms with Crippen molar-refractivity contribution in [3.63, 3.8) is 0 Å². The molecule has 1 unspecified atom stereocenters. The van der Waals surface area contributed by atoms with Crippen LogP contribution in [0.5, 0.6) is 0 Å². The quantitative estimate of drug-likeness (QED) is 0.0712. The van der Waals surface area contributed by atoms with E-state index in [-0.39, 0.29) is 17.1 Å². The molecule has 2 aromatic carbocycles. The van der Waals surface area contributed by atoms with Crippen molar-refractivity contribution in [2.45, 2.75) is 63.2 Å². The second-order valence-corrected chi connectivity index (χ2v) is 10.9. The monoisotopic (exact) mass is 572 g/mol. The van der Waals surface area contributed by atoms with Gasteiger partial charge in [0, 0.05) is 33.1 Å². The molecule has 0 aliphatic rings. The molecule has 0 aliphatic carbocycles. The first-order valence-electron chi connectivity index (χ1n) is 12.5. The Kier molecular flexibility index (Phi) is 9.85. The third kappa shape index (κ3) is 8.81. The first-order chi connectivity index (χ1) is 18.2. The molecule has 0 aliphatic heterocycles. The number of rotatable bonds is 12. The Hall–Kier alpha value is -2.88. The van der Waals surface area contributed by atoms with Gasteiger partial charge in [0.2, 0.25) is 0 Å². The van der Waals surface area contributed by atoms with Gasteiger partial charge in [-0.05, 0) is 48.7 Å². The van der Waals surface area contributed by atoms with E-state index < -0.39 is 42.3 Å². The van der Waals surface area contributed by atoms with Gasteiger partial charge in [0.25, 0.3) is 0 Å². The number of ether oxygens (including phenoxy) is 1. The third-order valence-corrected chi connectivity index (χ3v) is 7.59. The molecule has 3 rings (SSSR count). The molecule has 0 saturated carbocycles. The average Bonchev–Trinajstić information content (AvgIpc) is 3.28. The number of thioether (sulfide) groups is 1. The Morgan fingerprint density at radius 2 is 1.79 bits per heavy atom. The molecule has 39 heavy (non-hydrogen) atoms. The zero-order valence-electron chi connectivity index (χ0n) is 21.7. The van der Waals surface area contributed by atoms with E-state index in [2.05, 4.69) is 6.58 Å². The molecule has 212 valence electrons. The zero-order valence-corrected chi connectivity index (χ0v) is 22.5. The molecule has 3 aromatic rings. The van der Waals surface area contributed by atoms with Gasteiger partial charge in [-0.15, -0.1) is 11.8 Å².